The third kappa shape index (κ3) is 3.46. The number of benzene rings is 1. The molecule has 21 heavy (non-hydrogen) atoms. The first kappa shape index (κ1) is 14.6. The third-order valence-electron chi connectivity index (χ3n) is 5.17. The molecule has 0 bridgehead atoms. The van der Waals surface area contributed by atoms with Crippen LogP contribution in [0, 0.1) is 5.41 Å². The van der Waals surface area contributed by atoms with Crippen molar-refractivity contribution in [3.63, 3.8) is 0 Å². The Kier molecular flexibility index (Phi) is 4.29. The molecule has 3 nitrogen and oxygen atoms in total. The van der Waals surface area contributed by atoms with Gasteiger partial charge < -0.3 is 9.84 Å². The van der Waals surface area contributed by atoms with Crippen LogP contribution in [-0.4, -0.2) is 11.1 Å². The normalized spacial score (nSPS) is 20.2. The van der Waals surface area contributed by atoms with E-state index in [1.54, 1.807) is 0 Å². The molecule has 0 spiro atoms. The highest BCUT2D eigenvalue weighted by molar-refractivity contribution is 5.67. The van der Waals surface area contributed by atoms with Crippen molar-refractivity contribution in [1.82, 2.24) is 0 Å². The molecule has 1 fully saturated rings. The Morgan fingerprint density at radius 2 is 1.90 bits per heavy atom. The second-order valence-corrected chi connectivity index (χ2v) is 6.73. The summed E-state index contributed by atoms with van der Waals surface area (Å²) in [5.74, 6) is -0.640. The summed E-state index contributed by atoms with van der Waals surface area (Å²) >= 11 is 0. The van der Waals surface area contributed by atoms with E-state index in [9.17, 15) is 9.90 Å². The van der Waals surface area contributed by atoms with Crippen LogP contribution in [-0.2, 0) is 29.2 Å². The highest BCUT2D eigenvalue weighted by Gasteiger charge is 2.33. The molecule has 1 N–H and O–H groups in total. The van der Waals surface area contributed by atoms with Gasteiger partial charge in [0.05, 0.1) is 19.6 Å². The van der Waals surface area contributed by atoms with Crippen molar-refractivity contribution >= 4 is 5.97 Å². The van der Waals surface area contributed by atoms with Gasteiger partial charge in [-0.05, 0) is 47.8 Å². The van der Waals surface area contributed by atoms with E-state index < -0.39 is 5.97 Å². The van der Waals surface area contributed by atoms with Crippen molar-refractivity contribution in [3.05, 3.63) is 34.9 Å². The van der Waals surface area contributed by atoms with Crippen LogP contribution in [0.5, 0.6) is 0 Å². The van der Waals surface area contributed by atoms with Crippen molar-refractivity contribution in [1.29, 1.82) is 0 Å². The first-order valence-corrected chi connectivity index (χ1v) is 8.07. The smallest absolute Gasteiger partial charge is 0.303 e. The van der Waals surface area contributed by atoms with Crippen LogP contribution in [0.4, 0.5) is 0 Å². The lowest BCUT2D eigenvalue weighted by Gasteiger charge is -2.36. The summed E-state index contributed by atoms with van der Waals surface area (Å²) in [6, 6.07) is 6.60. The Labute approximate surface area is 126 Å². The van der Waals surface area contributed by atoms with Crippen LogP contribution in [0.15, 0.2) is 18.2 Å². The fourth-order valence-corrected chi connectivity index (χ4v) is 3.93. The van der Waals surface area contributed by atoms with Crippen LogP contribution in [0.3, 0.4) is 0 Å². The van der Waals surface area contributed by atoms with E-state index in [1.165, 1.54) is 36.0 Å². The Balaban J connectivity index is 1.67. The topological polar surface area (TPSA) is 46.5 Å². The quantitative estimate of drug-likeness (QED) is 0.888. The maximum Gasteiger partial charge on any atom is 0.303 e. The van der Waals surface area contributed by atoms with E-state index >= 15 is 0 Å². The van der Waals surface area contributed by atoms with Gasteiger partial charge in [-0.2, -0.15) is 0 Å². The molecule has 1 aromatic carbocycles. The van der Waals surface area contributed by atoms with Gasteiger partial charge in [-0.3, -0.25) is 4.79 Å². The lowest BCUT2D eigenvalue weighted by Crippen LogP contribution is -2.28. The van der Waals surface area contributed by atoms with Crippen LogP contribution in [0.2, 0.25) is 0 Å². The van der Waals surface area contributed by atoms with E-state index in [0.29, 0.717) is 6.42 Å². The predicted octanol–water partition coefficient (Wildman–Crippen LogP) is 4.07. The van der Waals surface area contributed by atoms with E-state index in [1.807, 2.05) is 0 Å². The molecule has 0 atom stereocenters. The van der Waals surface area contributed by atoms with Gasteiger partial charge in [-0.25, -0.2) is 0 Å². The molecule has 2 aliphatic rings. The van der Waals surface area contributed by atoms with E-state index in [4.69, 9.17) is 4.74 Å². The fourth-order valence-electron chi connectivity index (χ4n) is 3.93. The largest absolute Gasteiger partial charge is 0.481 e. The molecule has 0 aromatic heterocycles. The molecular weight excluding hydrogens is 264 g/mol. The Hall–Kier alpha value is -1.35. The summed E-state index contributed by atoms with van der Waals surface area (Å²) in [6.07, 6.45) is 8.11. The lowest BCUT2D eigenvalue weighted by molar-refractivity contribution is -0.140. The van der Waals surface area contributed by atoms with Crippen LogP contribution in [0.25, 0.3) is 0 Å². The summed E-state index contributed by atoms with van der Waals surface area (Å²) in [5.41, 5.74) is 3.97. The van der Waals surface area contributed by atoms with Gasteiger partial charge in [-0.1, -0.05) is 37.5 Å². The number of ether oxygens (including phenoxy) is 1. The van der Waals surface area contributed by atoms with Crippen molar-refractivity contribution < 1.29 is 14.6 Å². The van der Waals surface area contributed by atoms with Gasteiger partial charge in [0.25, 0.3) is 0 Å². The molecule has 0 saturated heterocycles. The number of aryl methyl sites for hydroxylation is 1. The standard InChI is InChI=1S/C18H24O3/c19-17(20)11-18(7-2-1-3-8-18)9-6-14-4-5-15-12-21-13-16(15)10-14/h4-5,10H,1-3,6-9,11-13H2,(H,19,20). The van der Waals surface area contributed by atoms with Crippen LogP contribution >= 0.6 is 0 Å². The molecule has 0 unspecified atom stereocenters. The molecule has 1 heterocycles. The molecule has 0 amide bonds. The zero-order valence-electron chi connectivity index (χ0n) is 12.6. The summed E-state index contributed by atoms with van der Waals surface area (Å²) in [4.78, 5) is 11.2. The van der Waals surface area contributed by atoms with Crippen LogP contribution < -0.4 is 0 Å². The SMILES string of the molecule is O=C(O)CC1(CCc2ccc3c(c2)COC3)CCCCC1. The summed E-state index contributed by atoms with van der Waals surface area (Å²) in [6.45, 7) is 1.46. The lowest BCUT2D eigenvalue weighted by atomic mass is 9.68. The molecule has 1 aromatic rings. The minimum atomic E-state index is -0.640. The first-order valence-electron chi connectivity index (χ1n) is 8.07. The van der Waals surface area contributed by atoms with Crippen molar-refractivity contribution in [2.24, 2.45) is 5.41 Å². The summed E-state index contributed by atoms with van der Waals surface area (Å²) in [5, 5.41) is 9.24. The zero-order valence-corrected chi connectivity index (χ0v) is 12.6. The zero-order chi connectivity index (χ0) is 14.7. The van der Waals surface area contributed by atoms with Gasteiger partial charge in [0.1, 0.15) is 0 Å². The van der Waals surface area contributed by atoms with Gasteiger partial charge in [0.2, 0.25) is 0 Å². The molecule has 0 radical (unpaired) electrons. The molecule has 1 aliphatic heterocycles. The van der Waals surface area contributed by atoms with E-state index in [-0.39, 0.29) is 5.41 Å². The number of fused-ring (bicyclic) bond motifs is 1. The number of carboxylic acids is 1. The second-order valence-electron chi connectivity index (χ2n) is 6.73. The number of carbonyl (C=O) groups is 1. The van der Waals surface area contributed by atoms with Crippen molar-refractivity contribution in [3.8, 4) is 0 Å². The van der Waals surface area contributed by atoms with Crippen molar-refractivity contribution in [2.75, 3.05) is 0 Å². The van der Waals surface area contributed by atoms with Gasteiger partial charge in [0.15, 0.2) is 0 Å². The minimum absolute atomic E-state index is 0.0274. The maximum atomic E-state index is 11.2. The third-order valence-corrected chi connectivity index (χ3v) is 5.17. The average Bonchev–Trinajstić information content (AvgIpc) is 2.93. The molecule has 3 rings (SSSR count). The number of rotatable bonds is 5. The molecular formula is C18H24O3. The Morgan fingerprint density at radius 1 is 1.14 bits per heavy atom. The number of hydrogen-bond acceptors (Lipinski definition) is 2. The predicted molar refractivity (Wildman–Crippen MR) is 81.0 cm³/mol. The highest BCUT2D eigenvalue weighted by Crippen LogP contribution is 2.43. The first-order chi connectivity index (χ1) is 10.2. The molecule has 1 aliphatic carbocycles. The molecule has 3 heteroatoms. The monoisotopic (exact) mass is 288 g/mol. The van der Waals surface area contributed by atoms with Gasteiger partial charge in [-0.15, -0.1) is 0 Å². The van der Waals surface area contributed by atoms with E-state index in [0.717, 1.165) is 38.9 Å². The number of hydrogen-bond donors (Lipinski definition) is 1. The minimum Gasteiger partial charge on any atom is -0.481 e. The average molecular weight is 288 g/mol. The molecule has 1 saturated carbocycles. The fraction of sp³-hybridized carbons (Fsp3) is 0.611. The summed E-state index contributed by atoms with van der Waals surface area (Å²) in [7, 11) is 0. The Bertz CT molecular complexity index is 515. The summed E-state index contributed by atoms with van der Waals surface area (Å²) < 4.78 is 5.46. The molecule has 114 valence electrons. The number of aliphatic carboxylic acids is 1. The van der Waals surface area contributed by atoms with Gasteiger partial charge in [0, 0.05) is 0 Å². The van der Waals surface area contributed by atoms with Gasteiger partial charge >= 0.3 is 5.97 Å². The van der Waals surface area contributed by atoms with E-state index in [2.05, 4.69) is 18.2 Å². The van der Waals surface area contributed by atoms with Crippen molar-refractivity contribution in [2.45, 2.75) is 64.6 Å². The highest BCUT2D eigenvalue weighted by atomic mass is 16.5. The maximum absolute atomic E-state index is 11.2. The Morgan fingerprint density at radius 3 is 2.67 bits per heavy atom. The van der Waals surface area contributed by atoms with Crippen LogP contribution in [0.1, 0.15) is 61.6 Å². The second kappa shape index (κ2) is 6.18. The number of carboxylic acid groups (broad SMARTS) is 1.